The standard InChI is InChI=1S/C17H16N4/c1-3-13(15-7-18-10-19-8-15)6-17-12(1)2-4-14(17)5-16-9-20-11-21-16/h1,3,6-11,14H,2,4-5H2,(H,20,21). The van der Waals surface area contributed by atoms with Crippen molar-refractivity contribution in [2.45, 2.75) is 25.2 Å². The van der Waals surface area contributed by atoms with E-state index in [0.29, 0.717) is 5.92 Å². The minimum absolute atomic E-state index is 0.563. The number of hydrogen-bond acceptors (Lipinski definition) is 3. The van der Waals surface area contributed by atoms with Gasteiger partial charge in [-0.1, -0.05) is 18.2 Å². The highest BCUT2D eigenvalue weighted by atomic mass is 14.9. The van der Waals surface area contributed by atoms with Crippen LogP contribution in [-0.4, -0.2) is 19.9 Å². The van der Waals surface area contributed by atoms with Crippen LogP contribution in [-0.2, 0) is 12.8 Å². The number of aryl methyl sites for hydroxylation is 1. The average Bonchev–Trinajstić information content (AvgIpc) is 3.19. The fraction of sp³-hybridized carbons (Fsp3) is 0.235. The number of nitrogens with one attached hydrogen (secondary N) is 1. The number of imidazole rings is 1. The van der Waals surface area contributed by atoms with Crippen LogP contribution in [0.25, 0.3) is 11.1 Å². The number of rotatable bonds is 3. The van der Waals surface area contributed by atoms with Gasteiger partial charge in [0.25, 0.3) is 0 Å². The van der Waals surface area contributed by atoms with Crippen LogP contribution < -0.4 is 0 Å². The van der Waals surface area contributed by atoms with Crippen molar-refractivity contribution < 1.29 is 0 Å². The quantitative estimate of drug-likeness (QED) is 0.799. The summed E-state index contributed by atoms with van der Waals surface area (Å²) in [5.41, 5.74) is 6.34. The molecule has 3 aromatic rings. The molecule has 0 bridgehead atoms. The summed E-state index contributed by atoms with van der Waals surface area (Å²) in [7, 11) is 0. The van der Waals surface area contributed by atoms with Gasteiger partial charge >= 0.3 is 0 Å². The molecule has 0 saturated heterocycles. The lowest BCUT2D eigenvalue weighted by Gasteiger charge is -2.11. The van der Waals surface area contributed by atoms with E-state index in [2.05, 4.69) is 38.1 Å². The summed E-state index contributed by atoms with van der Waals surface area (Å²) in [6.45, 7) is 0. The first-order valence-electron chi connectivity index (χ1n) is 7.26. The van der Waals surface area contributed by atoms with Gasteiger partial charge in [0.2, 0.25) is 0 Å². The molecule has 0 amide bonds. The minimum Gasteiger partial charge on any atom is -0.351 e. The van der Waals surface area contributed by atoms with Crippen LogP contribution in [0.2, 0.25) is 0 Å². The fourth-order valence-corrected chi connectivity index (χ4v) is 3.18. The molecule has 0 saturated carbocycles. The number of fused-ring (bicyclic) bond motifs is 1. The van der Waals surface area contributed by atoms with Gasteiger partial charge in [0.15, 0.2) is 0 Å². The molecule has 104 valence electrons. The van der Waals surface area contributed by atoms with Gasteiger partial charge in [-0.25, -0.2) is 15.0 Å². The van der Waals surface area contributed by atoms with E-state index in [9.17, 15) is 0 Å². The molecule has 0 radical (unpaired) electrons. The molecular formula is C17H16N4. The maximum Gasteiger partial charge on any atom is 0.115 e. The van der Waals surface area contributed by atoms with Crippen LogP contribution in [0.15, 0.2) is 49.4 Å². The Labute approximate surface area is 123 Å². The Morgan fingerprint density at radius 3 is 2.86 bits per heavy atom. The third kappa shape index (κ3) is 2.33. The van der Waals surface area contributed by atoms with Gasteiger partial charge in [0.1, 0.15) is 6.33 Å². The topological polar surface area (TPSA) is 54.5 Å². The van der Waals surface area contributed by atoms with Crippen molar-refractivity contribution in [2.75, 3.05) is 0 Å². The normalized spacial score (nSPS) is 16.9. The van der Waals surface area contributed by atoms with E-state index in [1.807, 2.05) is 18.6 Å². The zero-order valence-corrected chi connectivity index (χ0v) is 11.7. The lowest BCUT2D eigenvalue weighted by atomic mass is 9.94. The molecule has 0 fully saturated rings. The first-order valence-corrected chi connectivity index (χ1v) is 7.26. The molecule has 1 unspecified atom stereocenters. The second kappa shape index (κ2) is 5.13. The first-order chi connectivity index (χ1) is 10.4. The Hall–Kier alpha value is -2.49. The van der Waals surface area contributed by atoms with Gasteiger partial charge in [0, 0.05) is 24.2 Å². The number of nitrogens with zero attached hydrogens (tertiary/aromatic N) is 3. The molecule has 4 nitrogen and oxygen atoms in total. The van der Waals surface area contributed by atoms with Crippen LogP contribution >= 0.6 is 0 Å². The third-order valence-electron chi connectivity index (χ3n) is 4.25. The van der Waals surface area contributed by atoms with E-state index >= 15 is 0 Å². The third-order valence-corrected chi connectivity index (χ3v) is 4.25. The van der Waals surface area contributed by atoms with Crippen LogP contribution in [0, 0.1) is 0 Å². The monoisotopic (exact) mass is 276 g/mol. The number of H-pyrrole nitrogens is 1. The zero-order valence-electron chi connectivity index (χ0n) is 11.7. The molecule has 1 N–H and O–H groups in total. The van der Waals surface area contributed by atoms with Crippen molar-refractivity contribution in [3.05, 3.63) is 66.3 Å². The summed E-state index contributed by atoms with van der Waals surface area (Å²) < 4.78 is 0. The van der Waals surface area contributed by atoms with Crippen LogP contribution in [0.1, 0.15) is 29.2 Å². The molecule has 0 spiro atoms. The Bertz CT molecular complexity index is 735. The number of aromatic amines is 1. The predicted octanol–water partition coefficient (Wildman–Crippen LogP) is 3.14. The largest absolute Gasteiger partial charge is 0.351 e. The van der Waals surface area contributed by atoms with Crippen LogP contribution in [0.5, 0.6) is 0 Å². The van der Waals surface area contributed by atoms with Crippen molar-refractivity contribution in [1.29, 1.82) is 0 Å². The molecular weight excluding hydrogens is 260 g/mol. The van der Waals surface area contributed by atoms with E-state index in [-0.39, 0.29) is 0 Å². The summed E-state index contributed by atoms with van der Waals surface area (Å²) in [6.07, 6.45) is 12.4. The molecule has 4 rings (SSSR count). The summed E-state index contributed by atoms with van der Waals surface area (Å²) in [5.74, 6) is 0.563. The van der Waals surface area contributed by atoms with E-state index in [4.69, 9.17) is 0 Å². The lowest BCUT2D eigenvalue weighted by molar-refractivity contribution is 0.666. The average molecular weight is 276 g/mol. The minimum atomic E-state index is 0.563. The zero-order chi connectivity index (χ0) is 14.1. The summed E-state index contributed by atoms with van der Waals surface area (Å²) >= 11 is 0. The van der Waals surface area contributed by atoms with E-state index in [1.54, 1.807) is 12.7 Å². The highest BCUT2D eigenvalue weighted by molar-refractivity contribution is 5.64. The predicted molar refractivity (Wildman–Crippen MR) is 80.8 cm³/mol. The van der Waals surface area contributed by atoms with Gasteiger partial charge < -0.3 is 4.98 Å². The number of benzene rings is 1. The summed E-state index contributed by atoms with van der Waals surface area (Å²) in [5, 5.41) is 0. The second-order valence-corrected chi connectivity index (χ2v) is 5.54. The number of hydrogen-bond donors (Lipinski definition) is 1. The van der Waals surface area contributed by atoms with Gasteiger partial charge in [-0.15, -0.1) is 0 Å². The van der Waals surface area contributed by atoms with Crippen LogP contribution in [0.3, 0.4) is 0 Å². The SMILES string of the molecule is c1ncc(-c2ccc3c(c2)C(Cc2c[nH]cn2)CC3)cn1. The molecule has 1 aliphatic rings. The summed E-state index contributed by atoms with van der Waals surface area (Å²) in [6, 6.07) is 6.73. The molecule has 1 aromatic carbocycles. The van der Waals surface area contributed by atoms with E-state index in [1.165, 1.54) is 23.1 Å². The van der Waals surface area contributed by atoms with Gasteiger partial charge in [-0.3, -0.25) is 0 Å². The Morgan fingerprint density at radius 1 is 1.14 bits per heavy atom. The van der Waals surface area contributed by atoms with Gasteiger partial charge in [0.05, 0.1) is 12.0 Å². The highest BCUT2D eigenvalue weighted by Crippen LogP contribution is 2.37. The van der Waals surface area contributed by atoms with Crippen molar-refractivity contribution in [1.82, 2.24) is 19.9 Å². The van der Waals surface area contributed by atoms with Gasteiger partial charge in [-0.2, -0.15) is 0 Å². The summed E-state index contributed by atoms with van der Waals surface area (Å²) in [4.78, 5) is 15.6. The van der Waals surface area contributed by atoms with Crippen molar-refractivity contribution in [2.24, 2.45) is 0 Å². The van der Waals surface area contributed by atoms with Crippen molar-refractivity contribution in [3.63, 3.8) is 0 Å². The molecule has 1 aliphatic carbocycles. The maximum atomic E-state index is 4.36. The first kappa shape index (κ1) is 12.3. The molecule has 21 heavy (non-hydrogen) atoms. The van der Waals surface area contributed by atoms with Crippen LogP contribution in [0.4, 0.5) is 0 Å². The lowest BCUT2D eigenvalue weighted by Crippen LogP contribution is -1.99. The smallest absolute Gasteiger partial charge is 0.115 e. The second-order valence-electron chi connectivity index (χ2n) is 5.54. The fourth-order valence-electron chi connectivity index (χ4n) is 3.18. The highest BCUT2D eigenvalue weighted by Gasteiger charge is 2.23. The molecule has 1 atom stereocenters. The van der Waals surface area contributed by atoms with E-state index in [0.717, 1.165) is 24.1 Å². The molecule has 0 aliphatic heterocycles. The Kier molecular flexibility index (Phi) is 2.99. The van der Waals surface area contributed by atoms with Crippen molar-refractivity contribution >= 4 is 0 Å². The Morgan fingerprint density at radius 2 is 2.05 bits per heavy atom. The molecule has 4 heteroatoms. The van der Waals surface area contributed by atoms with Gasteiger partial charge in [-0.05, 0) is 41.9 Å². The number of aromatic nitrogens is 4. The van der Waals surface area contributed by atoms with Crippen molar-refractivity contribution in [3.8, 4) is 11.1 Å². The molecule has 2 heterocycles. The Balaban J connectivity index is 1.67. The van der Waals surface area contributed by atoms with E-state index < -0.39 is 0 Å². The molecule has 2 aromatic heterocycles. The maximum absolute atomic E-state index is 4.36.